The highest BCUT2D eigenvalue weighted by atomic mass is 15.2. The molecule has 0 unspecified atom stereocenters. The summed E-state index contributed by atoms with van der Waals surface area (Å²) in [7, 11) is 0. The molecule has 78 valence electrons. The molecule has 1 aliphatic rings. The molecule has 0 atom stereocenters. The van der Waals surface area contributed by atoms with Gasteiger partial charge in [0.1, 0.15) is 0 Å². The van der Waals surface area contributed by atoms with Crippen molar-refractivity contribution in [1.82, 2.24) is 10.2 Å². The van der Waals surface area contributed by atoms with Gasteiger partial charge in [0.15, 0.2) is 0 Å². The predicted octanol–water partition coefficient (Wildman–Crippen LogP) is 0.963. The zero-order valence-electron chi connectivity index (χ0n) is 8.74. The summed E-state index contributed by atoms with van der Waals surface area (Å²) in [6.45, 7) is 5.13. The molecule has 0 spiro atoms. The van der Waals surface area contributed by atoms with Gasteiger partial charge in [-0.3, -0.25) is 4.90 Å². The zero-order valence-corrected chi connectivity index (χ0v) is 8.74. The molecule has 1 heterocycles. The fourth-order valence-electron chi connectivity index (χ4n) is 1.88. The average Bonchev–Trinajstić information content (AvgIpc) is 2.31. The highest BCUT2D eigenvalue weighted by molar-refractivity contribution is 5.37. The molecule has 3 nitrogen and oxygen atoms in total. The van der Waals surface area contributed by atoms with Crippen LogP contribution in [-0.4, -0.2) is 31.1 Å². The Hall–Kier alpha value is -1.37. The lowest BCUT2D eigenvalue weighted by atomic mass is 10.1. The van der Waals surface area contributed by atoms with E-state index in [1.54, 1.807) is 0 Å². The SMILES string of the molecule is N#Cc1ccccc1CN1CCNCC1. The molecular weight excluding hydrogens is 186 g/mol. The topological polar surface area (TPSA) is 39.1 Å². The van der Waals surface area contributed by atoms with Crippen LogP contribution in [0.5, 0.6) is 0 Å². The van der Waals surface area contributed by atoms with Crippen molar-refractivity contribution < 1.29 is 0 Å². The molecule has 1 saturated heterocycles. The minimum atomic E-state index is 0.802. The van der Waals surface area contributed by atoms with Crippen molar-refractivity contribution >= 4 is 0 Å². The summed E-state index contributed by atoms with van der Waals surface area (Å²) in [6, 6.07) is 10.1. The zero-order chi connectivity index (χ0) is 10.5. The van der Waals surface area contributed by atoms with Gasteiger partial charge < -0.3 is 5.32 Å². The Kier molecular flexibility index (Phi) is 3.33. The van der Waals surface area contributed by atoms with E-state index in [0.717, 1.165) is 43.9 Å². The second-order valence-corrected chi connectivity index (χ2v) is 3.80. The molecular formula is C12H15N3. The second-order valence-electron chi connectivity index (χ2n) is 3.80. The monoisotopic (exact) mass is 201 g/mol. The van der Waals surface area contributed by atoms with Gasteiger partial charge in [-0.1, -0.05) is 18.2 Å². The predicted molar refractivity (Wildman–Crippen MR) is 59.3 cm³/mol. The van der Waals surface area contributed by atoms with Crippen molar-refractivity contribution in [2.24, 2.45) is 0 Å². The van der Waals surface area contributed by atoms with E-state index in [-0.39, 0.29) is 0 Å². The van der Waals surface area contributed by atoms with Crippen molar-refractivity contribution in [3.05, 3.63) is 35.4 Å². The quantitative estimate of drug-likeness (QED) is 0.774. The van der Waals surface area contributed by atoms with Gasteiger partial charge in [-0.25, -0.2) is 0 Å². The number of nitriles is 1. The van der Waals surface area contributed by atoms with E-state index in [0.29, 0.717) is 0 Å². The number of benzene rings is 1. The summed E-state index contributed by atoms with van der Waals surface area (Å²) in [5, 5.41) is 12.3. The first-order chi connectivity index (χ1) is 7.40. The van der Waals surface area contributed by atoms with E-state index in [1.165, 1.54) is 0 Å². The van der Waals surface area contributed by atoms with E-state index in [1.807, 2.05) is 24.3 Å². The van der Waals surface area contributed by atoms with E-state index < -0.39 is 0 Å². The Morgan fingerprint density at radius 3 is 2.73 bits per heavy atom. The van der Waals surface area contributed by atoms with Crippen LogP contribution < -0.4 is 5.32 Å². The number of piperazine rings is 1. The lowest BCUT2D eigenvalue weighted by molar-refractivity contribution is 0.233. The molecule has 2 rings (SSSR count). The van der Waals surface area contributed by atoms with Gasteiger partial charge in [-0.05, 0) is 11.6 Å². The van der Waals surface area contributed by atoms with Crippen LogP contribution in [0.15, 0.2) is 24.3 Å². The van der Waals surface area contributed by atoms with Crippen molar-refractivity contribution in [3.63, 3.8) is 0 Å². The van der Waals surface area contributed by atoms with Crippen LogP contribution in [0, 0.1) is 11.3 Å². The number of hydrogen-bond acceptors (Lipinski definition) is 3. The molecule has 1 fully saturated rings. The second kappa shape index (κ2) is 4.92. The third-order valence-corrected chi connectivity index (χ3v) is 2.74. The molecule has 0 amide bonds. The number of nitrogens with one attached hydrogen (secondary N) is 1. The van der Waals surface area contributed by atoms with Crippen LogP contribution in [0.2, 0.25) is 0 Å². The molecule has 1 aromatic rings. The van der Waals surface area contributed by atoms with E-state index in [4.69, 9.17) is 5.26 Å². The molecule has 1 N–H and O–H groups in total. The third kappa shape index (κ3) is 2.56. The van der Waals surface area contributed by atoms with Crippen LogP contribution in [0.3, 0.4) is 0 Å². The van der Waals surface area contributed by atoms with Crippen molar-refractivity contribution in [2.45, 2.75) is 6.54 Å². The van der Waals surface area contributed by atoms with Crippen LogP contribution >= 0.6 is 0 Å². The highest BCUT2D eigenvalue weighted by Crippen LogP contribution is 2.10. The van der Waals surface area contributed by atoms with Gasteiger partial charge in [0, 0.05) is 32.7 Å². The molecule has 0 aliphatic carbocycles. The smallest absolute Gasteiger partial charge is 0.0995 e. The number of hydrogen-bond donors (Lipinski definition) is 1. The van der Waals surface area contributed by atoms with Gasteiger partial charge in [0.05, 0.1) is 11.6 Å². The molecule has 0 saturated carbocycles. The average molecular weight is 201 g/mol. The van der Waals surface area contributed by atoms with Crippen LogP contribution in [0.1, 0.15) is 11.1 Å². The first kappa shape index (κ1) is 10.2. The Labute approximate surface area is 90.3 Å². The Balaban J connectivity index is 2.06. The Bertz CT molecular complexity index is 361. The minimum Gasteiger partial charge on any atom is -0.314 e. The van der Waals surface area contributed by atoms with Crippen molar-refractivity contribution in [1.29, 1.82) is 5.26 Å². The normalized spacial score (nSPS) is 17.3. The van der Waals surface area contributed by atoms with E-state index >= 15 is 0 Å². The van der Waals surface area contributed by atoms with Crippen LogP contribution in [-0.2, 0) is 6.54 Å². The summed E-state index contributed by atoms with van der Waals surface area (Å²) in [4.78, 5) is 2.38. The maximum Gasteiger partial charge on any atom is 0.0995 e. The lowest BCUT2D eigenvalue weighted by Gasteiger charge is -2.27. The maximum absolute atomic E-state index is 8.97. The Morgan fingerprint density at radius 2 is 2.00 bits per heavy atom. The first-order valence-corrected chi connectivity index (χ1v) is 5.31. The highest BCUT2D eigenvalue weighted by Gasteiger charge is 2.11. The summed E-state index contributed by atoms with van der Waals surface area (Å²) in [6.07, 6.45) is 0. The van der Waals surface area contributed by atoms with Gasteiger partial charge >= 0.3 is 0 Å². The van der Waals surface area contributed by atoms with E-state index in [2.05, 4.69) is 16.3 Å². The molecule has 3 heteroatoms. The lowest BCUT2D eigenvalue weighted by Crippen LogP contribution is -2.42. The van der Waals surface area contributed by atoms with Crippen molar-refractivity contribution in [2.75, 3.05) is 26.2 Å². The van der Waals surface area contributed by atoms with Crippen LogP contribution in [0.25, 0.3) is 0 Å². The Morgan fingerprint density at radius 1 is 1.27 bits per heavy atom. The summed E-state index contributed by atoms with van der Waals surface area (Å²) >= 11 is 0. The third-order valence-electron chi connectivity index (χ3n) is 2.74. The van der Waals surface area contributed by atoms with Gasteiger partial charge in [0.25, 0.3) is 0 Å². The number of rotatable bonds is 2. The first-order valence-electron chi connectivity index (χ1n) is 5.31. The molecule has 1 aliphatic heterocycles. The van der Waals surface area contributed by atoms with Crippen LogP contribution in [0.4, 0.5) is 0 Å². The van der Waals surface area contributed by atoms with Gasteiger partial charge in [-0.2, -0.15) is 5.26 Å². The van der Waals surface area contributed by atoms with Gasteiger partial charge in [-0.15, -0.1) is 0 Å². The fraction of sp³-hybridized carbons (Fsp3) is 0.417. The number of nitrogens with zero attached hydrogens (tertiary/aromatic N) is 2. The van der Waals surface area contributed by atoms with Gasteiger partial charge in [0.2, 0.25) is 0 Å². The molecule has 0 radical (unpaired) electrons. The largest absolute Gasteiger partial charge is 0.314 e. The maximum atomic E-state index is 8.97. The molecule has 1 aromatic carbocycles. The van der Waals surface area contributed by atoms with Crippen molar-refractivity contribution in [3.8, 4) is 6.07 Å². The summed E-state index contributed by atoms with van der Waals surface area (Å²) in [5.41, 5.74) is 1.94. The molecule has 15 heavy (non-hydrogen) atoms. The fourth-order valence-corrected chi connectivity index (χ4v) is 1.88. The molecule has 0 bridgehead atoms. The standard InChI is InChI=1S/C12H15N3/c13-9-11-3-1-2-4-12(11)10-15-7-5-14-6-8-15/h1-4,14H,5-8,10H2. The summed E-state index contributed by atoms with van der Waals surface area (Å²) in [5.74, 6) is 0. The minimum absolute atomic E-state index is 0.802. The van der Waals surface area contributed by atoms with E-state index in [9.17, 15) is 0 Å². The summed E-state index contributed by atoms with van der Waals surface area (Å²) < 4.78 is 0. The molecule has 0 aromatic heterocycles.